The van der Waals surface area contributed by atoms with Gasteiger partial charge in [-0.15, -0.1) is 0 Å². The van der Waals surface area contributed by atoms with E-state index in [1.807, 2.05) is 0 Å². The number of amides is 2. The highest BCUT2D eigenvalue weighted by Gasteiger charge is 2.15. The zero-order valence-corrected chi connectivity index (χ0v) is 15.6. The molecule has 140 valence electrons. The highest BCUT2D eigenvalue weighted by Crippen LogP contribution is 2.38. The lowest BCUT2D eigenvalue weighted by atomic mass is 10.2. The Balaban J connectivity index is 1.60. The summed E-state index contributed by atoms with van der Waals surface area (Å²) in [5, 5.41) is 0.929. The topological polar surface area (TPSA) is 76.7 Å². The number of halogens is 2. The summed E-state index contributed by atoms with van der Waals surface area (Å²) in [6.45, 7) is 1.07. The molecule has 8 heteroatoms. The summed E-state index contributed by atoms with van der Waals surface area (Å²) in [4.78, 5) is 23.8. The van der Waals surface area contributed by atoms with Crippen LogP contribution in [0.3, 0.4) is 0 Å². The predicted molar refractivity (Wildman–Crippen MR) is 103 cm³/mol. The van der Waals surface area contributed by atoms with E-state index in [0.29, 0.717) is 45.9 Å². The molecule has 1 aliphatic heterocycles. The van der Waals surface area contributed by atoms with Crippen LogP contribution < -0.4 is 20.3 Å². The second-order valence-electron chi connectivity index (χ2n) is 5.66. The zero-order chi connectivity index (χ0) is 19.2. The molecule has 1 aliphatic rings. The van der Waals surface area contributed by atoms with Gasteiger partial charge in [0.1, 0.15) is 0 Å². The molecule has 2 aromatic carbocycles. The van der Waals surface area contributed by atoms with E-state index in [0.717, 1.165) is 6.42 Å². The first kappa shape index (κ1) is 19.1. The summed E-state index contributed by atoms with van der Waals surface area (Å²) in [5.74, 6) is 0.0923. The standard InChI is InChI=1S/C19H16Cl2N2O4/c20-14-5-3-13(4-6-14)19(25)23-22-17(24)7-2-12-10-15(21)18-16(11-12)26-8-1-9-27-18/h2-7,10-11H,1,8-9H2,(H,22,24)(H,23,25)/b7-2+. The van der Waals surface area contributed by atoms with Crippen molar-refractivity contribution in [2.45, 2.75) is 6.42 Å². The third kappa shape index (κ3) is 5.15. The van der Waals surface area contributed by atoms with E-state index in [4.69, 9.17) is 32.7 Å². The van der Waals surface area contributed by atoms with Crippen LogP contribution in [0, 0.1) is 0 Å². The normalized spacial score (nSPS) is 13.1. The van der Waals surface area contributed by atoms with Gasteiger partial charge in [0.2, 0.25) is 0 Å². The minimum absolute atomic E-state index is 0.373. The average Bonchev–Trinajstić information content (AvgIpc) is 2.91. The Morgan fingerprint density at radius 3 is 2.52 bits per heavy atom. The Kier molecular flexibility index (Phi) is 6.21. The van der Waals surface area contributed by atoms with Gasteiger partial charge in [-0.3, -0.25) is 20.4 Å². The van der Waals surface area contributed by atoms with E-state index in [9.17, 15) is 9.59 Å². The van der Waals surface area contributed by atoms with E-state index in [1.54, 1.807) is 42.5 Å². The molecule has 0 spiro atoms. The molecule has 0 aromatic heterocycles. The first-order chi connectivity index (χ1) is 13.0. The quantitative estimate of drug-likeness (QED) is 0.602. The van der Waals surface area contributed by atoms with Crippen molar-refractivity contribution in [2.75, 3.05) is 13.2 Å². The van der Waals surface area contributed by atoms with Gasteiger partial charge in [-0.2, -0.15) is 0 Å². The molecule has 1 heterocycles. The van der Waals surface area contributed by atoms with Gasteiger partial charge in [-0.05, 0) is 48.0 Å². The van der Waals surface area contributed by atoms with Crippen molar-refractivity contribution in [1.82, 2.24) is 10.9 Å². The fourth-order valence-electron chi connectivity index (χ4n) is 2.35. The second kappa shape index (κ2) is 8.79. The molecule has 27 heavy (non-hydrogen) atoms. The van der Waals surface area contributed by atoms with Gasteiger partial charge >= 0.3 is 0 Å². The second-order valence-corrected chi connectivity index (χ2v) is 6.51. The number of hydrazine groups is 1. The molecule has 0 atom stereocenters. The Bertz CT molecular complexity index is 882. The number of hydrogen-bond acceptors (Lipinski definition) is 4. The maximum Gasteiger partial charge on any atom is 0.269 e. The van der Waals surface area contributed by atoms with Crippen molar-refractivity contribution in [2.24, 2.45) is 0 Å². The van der Waals surface area contributed by atoms with Crippen LogP contribution in [0.4, 0.5) is 0 Å². The molecule has 0 saturated heterocycles. The Labute approximate surface area is 166 Å². The summed E-state index contributed by atoms with van der Waals surface area (Å²) in [5.41, 5.74) is 5.67. The minimum atomic E-state index is -0.499. The van der Waals surface area contributed by atoms with Crippen LogP contribution >= 0.6 is 23.2 Å². The minimum Gasteiger partial charge on any atom is -0.489 e. The molecule has 0 aliphatic carbocycles. The molecule has 0 saturated carbocycles. The molecule has 0 bridgehead atoms. The van der Waals surface area contributed by atoms with Gasteiger partial charge in [-0.1, -0.05) is 23.2 Å². The van der Waals surface area contributed by atoms with Crippen LogP contribution in [-0.4, -0.2) is 25.0 Å². The number of benzene rings is 2. The van der Waals surface area contributed by atoms with Gasteiger partial charge in [0, 0.05) is 23.1 Å². The summed E-state index contributed by atoms with van der Waals surface area (Å²) >= 11 is 12.0. The molecule has 0 radical (unpaired) electrons. The van der Waals surface area contributed by atoms with Crippen molar-refractivity contribution in [3.63, 3.8) is 0 Å². The highest BCUT2D eigenvalue weighted by atomic mass is 35.5. The summed E-state index contributed by atoms with van der Waals surface area (Å²) in [6, 6.07) is 9.70. The number of fused-ring (bicyclic) bond motifs is 1. The van der Waals surface area contributed by atoms with Gasteiger partial charge in [0.05, 0.1) is 18.2 Å². The van der Waals surface area contributed by atoms with Crippen LogP contribution in [-0.2, 0) is 4.79 Å². The van der Waals surface area contributed by atoms with Crippen LogP contribution in [0.2, 0.25) is 10.0 Å². The van der Waals surface area contributed by atoms with Crippen molar-refractivity contribution < 1.29 is 19.1 Å². The maximum absolute atomic E-state index is 11.9. The van der Waals surface area contributed by atoms with Crippen LogP contribution in [0.25, 0.3) is 6.08 Å². The van der Waals surface area contributed by atoms with Crippen LogP contribution in [0.15, 0.2) is 42.5 Å². The molecule has 2 aromatic rings. The van der Waals surface area contributed by atoms with E-state index >= 15 is 0 Å². The van der Waals surface area contributed by atoms with Crippen molar-refractivity contribution in [1.29, 1.82) is 0 Å². The third-order valence-electron chi connectivity index (χ3n) is 3.66. The van der Waals surface area contributed by atoms with Crippen molar-refractivity contribution >= 4 is 41.1 Å². The first-order valence-corrected chi connectivity index (χ1v) is 8.91. The lowest BCUT2D eigenvalue weighted by Gasteiger charge is -2.10. The lowest BCUT2D eigenvalue weighted by molar-refractivity contribution is -0.117. The monoisotopic (exact) mass is 406 g/mol. The fraction of sp³-hybridized carbons (Fsp3) is 0.158. The first-order valence-electron chi connectivity index (χ1n) is 8.16. The number of carbonyl (C=O) groups excluding carboxylic acids is 2. The lowest BCUT2D eigenvalue weighted by Crippen LogP contribution is -2.40. The SMILES string of the molecule is O=C(/C=C/c1cc(Cl)c2c(c1)OCCCO2)NNC(=O)c1ccc(Cl)cc1. The molecule has 3 rings (SSSR count). The third-order valence-corrected chi connectivity index (χ3v) is 4.19. The zero-order valence-electron chi connectivity index (χ0n) is 14.1. The van der Waals surface area contributed by atoms with Gasteiger partial charge in [0.25, 0.3) is 11.8 Å². The van der Waals surface area contributed by atoms with Gasteiger partial charge in [-0.25, -0.2) is 0 Å². The molecule has 0 fully saturated rings. The van der Waals surface area contributed by atoms with Crippen molar-refractivity contribution in [3.8, 4) is 11.5 Å². The Morgan fingerprint density at radius 2 is 1.74 bits per heavy atom. The summed E-state index contributed by atoms with van der Waals surface area (Å²) < 4.78 is 11.2. The van der Waals surface area contributed by atoms with E-state index in [2.05, 4.69) is 10.9 Å². The summed E-state index contributed by atoms with van der Waals surface area (Å²) in [6.07, 6.45) is 3.61. The molecule has 6 nitrogen and oxygen atoms in total. The average molecular weight is 407 g/mol. The molecular formula is C19H16Cl2N2O4. The molecule has 2 amide bonds. The van der Waals surface area contributed by atoms with E-state index in [1.165, 1.54) is 6.08 Å². The Hall–Kier alpha value is -2.70. The Morgan fingerprint density at radius 1 is 1.00 bits per heavy atom. The molecule has 0 unspecified atom stereocenters. The molecular weight excluding hydrogens is 391 g/mol. The number of rotatable bonds is 3. The largest absolute Gasteiger partial charge is 0.489 e. The van der Waals surface area contributed by atoms with Crippen LogP contribution in [0.1, 0.15) is 22.3 Å². The van der Waals surface area contributed by atoms with E-state index in [-0.39, 0.29) is 0 Å². The summed E-state index contributed by atoms with van der Waals surface area (Å²) in [7, 11) is 0. The molecule has 2 N–H and O–H groups in total. The number of hydrogen-bond donors (Lipinski definition) is 2. The maximum atomic E-state index is 11.9. The smallest absolute Gasteiger partial charge is 0.269 e. The van der Waals surface area contributed by atoms with Crippen LogP contribution in [0.5, 0.6) is 11.5 Å². The van der Waals surface area contributed by atoms with Crippen molar-refractivity contribution in [3.05, 3.63) is 63.6 Å². The number of nitrogens with one attached hydrogen (secondary N) is 2. The van der Waals surface area contributed by atoms with Gasteiger partial charge < -0.3 is 9.47 Å². The van der Waals surface area contributed by atoms with Gasteiger partial charge in [0.15, 0.2) is 11.5 Å². The fourth-order valence-corrected chi connectivity index (χ4v) is 2.75. The predicted octanol–water partition coefficient (Wildman–Crippen LogP) is 3.63. The number of carbonyl (C=O) groups is 2. The number of ether oxygens (including phenoxy) is 2. The van der Waals surface area contributed by atoms with E-state index < -0.39 is 11.8 Å². The highest BCUT2D eigenvalue weighted by molar-refractivity contribution is 6.32.